The molecule has 1 unspecified atom stereocenters. The summed E-state index contributed by atoms with van der Waals surface area (Å²) in [5.41, 5.74) is 6.23. The van der Waals surface area contributed by atoms with E-state index in [1.807, 2.05) is 0 Å². The van der Waals surface area contributed by atoms with Crippen LogP contribution in [0.1, 0.15) is 5.56 Å². The topological polar surface area (TPSA) is 147 Å². The van der Waals surface area contributed by atoms with Gasteiger partial charge in [-0.2, -0.15) is 4.98 Å². The van der Waals surface area contributed by atoms with Gasteiger partial charge in [-0.1, -0.05) is 0 Å². The average molecular weight is 298 g/mol. The summed E-state index contributed by atoms with van der Waals surface area (Å²) < 4.78 is 6.89. The zero-order valence-electron chi connectivity index (χ0n) is 11.5. The molecule has 0 saturated heterocycles. The molecule has 0 aliphatic heterocycles. The highest BCUT2D eigenvalue weighted by molar-refractivity contribution is 5.79. The monoisotopic (exact) mass is 298 g/mol. The van der Waals surface area contributed by atoms with Gasteiger partial charge in [-0.25, -0.2) is 0 Å². The van der Waals surface area contributed by atoms with Gasteiger partial charge in [0.1, 0.15) is 18.9 Å². The van der Waals surface area contributed by atoms with Crippen molar-refractivity contribution < 1.29 is 20.1 Å². The number of nitrogens with two attached hydrogens (primary N) is 1. The first-order valence-electron chi connectivity index (χ1n) is 6.34. The van der Waals surface area contributed by atoms with E-state index in [9.17, 15) is 9.90 Å². The number of aliphatic hydroxyl groups is 3. The van der Waals surface area contributed by atoms with Crippen LogP contribution >= 0.6 is 0 Å². The molecule has 2 aromatic rings. The van der Waals surface area contributed by atoms with Crippen LogP contribution in [0.15, 0.2) is 11.0 Å². The zero-order valence-corrected chi connectivity index (χ0v) is 11.5. The van der Waals surface area contributed by atoms with E-state index in [0.29, 0.717) is 16.6 Å². The number of aromatic amines is 1. The molecule has 0 amide bonds. The first-order chi connectivity index (χ1) is 9.97. The molecule has 0 saturated carbocycles. The minimum Gasteiger partial charge on any atom is -0.394 e. The molecule has 0 aromatic carbocycles. The summed E-state index contributed by atoms with van der Waals surface area (Å²) in [7, 11) is 0. The second kappa shape index (κ2) is 6.22. The maximum absolute atomic E-state index is 11.8. The fourth-order valence-electron chi connectivity index (χ4n) is 2.08. The minimum atomic E-state index is -1.20. The quantitative estimate of drug-likeness (QED) is 0.427. The third-order valence-corrected chi connectivity index (χ3v) is 3.16. The van der Waals surface area contributed by atoms with Crippen molar-refractivity contribution in [3.63, 3.8) is 0 Å². The van der Waals surface area contributed by atoms with Gasteiger partial charge in [0.25, 0.3) is 5.56 Å². The molecule has 9 heteroatoms. The van der Waals surface area contributed by atoms with Crippen LogP contribution in [-0.4, -0.2) is 55.3 Å². The lowest BCUT2D eigenvalue weighted by atomic mass is 10.2. The van der Waals surface area contributed by atoms with Crippen molar-refractivity contribution in [1.82, 2.24) is 14.5 Å². The smallest absolute Gasteiger partial charge is 0.262 e. The predicted octanol–water partition coefficient (Wildman–Crippen LogP) is -1.70. The van der Waals surface area contributed by atoms with Crippen molar-refractivity contribution in [3.05, 3.63) is 22.1 Å². The van der Waals surface area contributed by atoms with E-state index in [4.69, 9.17) is 20.7 Å². The Morgan fingerprint density at radius 2 is 2.19 bits per heavy atom. The number of hydrogen-bond donors (Lipinski definition) is 5. The van der Waals surface area contributed by atoms with Crippen molar-refractivity contribution in [2.45, 2.75) is 25.9 Å². The number of nitrogens with one attached hydrogen (secondary N) is 1. The highest BCUT2D eigenvalue weighted by Gasteiger charge is 2.19. The summed E-state index contributed by atoms with van der Waals surface area (Å²) in [5.74, 6) is -0.0130. The van der Waals surface area contributed by atoms with Gasteiger partial charge < -0.3 is 30.4 Å². The zero-order chi connectivity index (χ0) is 15.6. The molecule has 0 radical (unpaired) electrons. The molecule has 0 bridgehead atoms. The number of H-pyrrole nitrogens is 1. The second-order valence-electron chi connectivity index (χ2n) is 4.70. The van der Waals surface area contributed by atoms with Gasteiger partial charge in [0, 0.05) is 6.20 Å². The Labute approximate surface area is 119 Å². The van der Waals surface area contributed by atoms with Crippen molar-refractivity contribution in [1.29, 1.82) is 0 Å². The maximum atomic E-state index is 11.8. The number of fused-ring (bicyclic) bond motifs is 1. The standard InChI is InChI=1S/C12H18N4O5/c1-6-2-16(5-21-8(4-18)7(19)3-17)10-9(6)11(20)15-12(13)14-10/h2,7-8,17-19H,3-5H2,1H3,(H3,13,14,15,20)/t7?,8-/m1/s1. The van der Waals surface area contributed by atoms with Crippen molar-refractivity contribution in [3.8, 4) is 0 Å². The predicted molar refractivity (Wildman–Crippen MR) is 74.6 cm³/mol. The number of rotatable bonds is 6. The van der Waals surface area contributed by atoms with E-state index in [0.717, 1.165) is 0 Å². The number of hydrogen-bond acceptors (Lipinski definition) is 7. The molecule has 2 atom stereocenters. The van der Waals surface area contributed by atoms with Crippen LogP contribution in [0, 0.1) is 6.92 Å². The molecule has 2 rings (SSSR count). The lowest BCUT2D eigenvalue weighted by Gasteiger charge is -2.20. The van der Waals surface area contributed by atoms with Crippen molar-refractivity contribution >= 4 is 17.0 Å². The van der Waals surface area contributed by atoms with Gasteiger partial charge in [-0.15, -0.1) is 0 Å². The highest BCUT2D eigenvalue weighted by Crippen LogP contribution is 2.16. The third-order valence-electron chi connectivity index (χ3n) is 3.16. The fourth-order valence-corrected chi connectivity index (χ4v) is 2.08. The minimum absolute atomic E-state index is 0.0130. The van der Waals surface area contributed by atoms with Crippen LogP contribution in [-0.2, 0) is 11.5 Å². The van der Waals surface area contributed by atoms with Crippen LogP contribution in [0.3, 0.4) is 0 Å². The maximum Gasteiger partial charge on any atom is 0.262 e. The fraction of sp³-hybridized carbons (Fsp3) is 0.500. The molecule has 0 aliphatic carbocycles. The van der Waals surface area contributed by atoms with Crippen LogP contribution in [0.2, 0.25) is 0 Å². The number of aryl methyl sites for hydroxylation is 1. The highest BCUT2D eigenvalue weighted by atomic mass is 16.5. The largest absolute Gasteiger partial charge is 0.394 e. The molecule has 116 valence electrons. The normalized spacial score (nSPS) is 14.5. The molecule has 21 heavy (non-hydrogen) atoms. The van der Waals surface area contributed by atoms with Crippen LogP contribution < -0.4 is 11.3 Å². The number of anilines is 1. The molecule has 2 heterocycles. The van der Waals surface area contributed by atoms with Crippen LogP contribution in [0.5, 0.6) is 0 Å². The summed E-state index contributed by atoms with van der Waals surface area (Å²) in [6.07, 6.45) is -0.474. The van der Waals surface area contributed by atoms with Gasteiger partial charge >= 0.3 is 0 Å². The Balaban J connectivity index is 2.29. The van der Waals surface area contributed by atoms with Crippen molar-refractivity contribution in [2.75, 3.05) is 18.9 Å². The number of aromatic nitrogens is 3. The second-order valence-corrected chi connectivity index (χ2v) is 4.70. The molecule has 9 nitrogen and oxygen atoms in total. The van der Waals surface area contributed by atoms with E-state index in [2.05, 4.69) is 9.97 Å². The van der Waals surface area contributed by atoms with Gasteiger partial charge in [0.15, 0.2) is 5.65 Å². The Morgan fingerprint density at radius 1 is 1.48 bits per heavy atom. The summed E-state index contributed by atoms with van der Waals surface area (Å²) >= 11 is 0. The summed E-state index contributed by atoms with van der Waals surface area (Å²) in [5, 5.41) is 27.8. The van der Waals surface area contributed by atoms with Gasteiger partial charge in [0.05, 0.1) is 18.6 Å². The van der Waals surface area contributed by atoms with E-state index in [-0.39, 0.29) is 18.2 Å². The number of nitrogen functional groups attached to an aromatic ring is 1. The summed E-state index contributed by atoms with van der Waals surface area (Å²) in [6.45, 7) is 0.720. The first kappa shape index (κ1) is 15.4. The molecule has 2 aromatic heterocycles. The van der Waals surface area contributed by atoms with Gasteiger partial charge in [-0.05, 0) is 12.5 Å². The van der Waals surface area contributed by atoms with E-state index in [1.54, 1.807) is 17.7 Å². The Morgan fingerprint density at radius 3 is 2.81 bits per heavy atom. The van der Waals surface area contributed by atoms with E-state index >= 15 is 0 Å². The lowest BCUT2D eigenvalue weighted by molar-refractivity contribution is -0.0996. The molecule has 0 aliphatic rings. The average Bonchev–Trinajstić information content (AvgIpc) is 2.75. The lowest BCUT2D eigenvalue weighted by Crippen LogP contribution is -2.35. The van der Waals surface area contributed by atoms with Gasteiger partial charge in [-0.3, -0.25) is 9.78 Å². The van der Waals surface area contributed by atoms with Gasteiger partial charge in [0.2, 0.25) is 5.95 Å². The number of ether oxygens (including phenoxy) is 1. The van der Waals surface area contributed by atoms with Crippen LogP contribution in [0.25, 0.3) is 11.0 Å². The Kier molecular flexibility index (Phi) is 4.58. The van der Waals surface area contributed by atoms with E-state index in [1.165, 1.54) is 0 Å². The number of nitrogens with zero attached hydrogens (tertiary/aromatic N) is 2. The summed E-state index contributed by atoms with van der Waals surface area (Å²) in [4.78, 5) is 18.3. The Bertz CT molecular complexity index is 680. The molecular formula is C12H18N4O5. The Hall–Kier alpha value is -1.94. The number of aliphatic hydroxyl groups excluding tert-OH is 3. The molecular weight excluding hydrogens is 280 g/mol. The van der Waals surface area contributed by atoms with Crippen molar-refractivity contribution in [2.24, 2.45) is 0 Å². The molecule has 0 fully saturated rings. The summed E-state index contributed by atoms with van der Waals surface area (Å²) in [6, 6.07) is 0. The SMILES string of the molecule is Cc1cn(CO[C@H](CO)C(O)CO)c2nc(N)[nH]c(=O)c12. The van der Waals surface area contributed by atoms with E-state index < -0.39 is 25.4 Å². The molecule has 6 N–H and O–H groups in total. The first-order valence-corrected chi connectivity index (χ1v) is 6.34. The molecule has 0 spiro atoms. The van der Waals surface area contributed by atoms with Crippen LogP contribution in [0.4, 0.5) is 5.95 Å². The third kappa shape index (κ3) is 3.05.